The molecule has 1 aromatic heterocycles. The first-order valence-electron chi connectivity index (χ1n) is 2.74. The monoisotopic (exact) mass is 161 g/mol. The van der Waals surface area contributed by atoms with Crippen molar-refractivity contribution in [2.75, 3.05) is 0 Å². The van der Waals surface area contributed by atoms with Crippen LogP contribution in [-0.4, -0.2) is 31.6 Å². The van der Waals surface area contributed by atoms with Gasteiger partial charge in [-0.15, -0.1) is 4.73 Å². The van der Waals surface area contributed by atoms with Crippen LogP contribution in [0.15, 0.2) is 12.1 Å². The molecule has 1 aromatic rings. The summed E-state index contributed by atoms with van der Waals surface area (Å²) in [5.74, 6) is -0.841. The molecule has 1 rings (SSSR count). The van der Waals surface area contributed by atoms with E-state index in [9.17, 15) is 0 Å². The van der Waals surface area contributed by atoms with Crippen molar-refractivity contribution in [1.82, 2.24) is 4.73 Å². The zero-order valence-corrected chi connectivity index (χ0v) is 5.38. The van der Waals surface area contributed by atoms with Gasteiger partial charge in [-0.3, -0.25) is 0 Å². The van der Waals surface area contributed by atoms with Crippen LogP contribution in [0, 0.1) is 0 Å². The van der Waals surface area contributed by atoms with Gasteiger partial charge in [-0.25, -0.2) is 0 Å². The Labute approximate surface area is 61.5 Å². The lowest BCUT2D eigenvalue weighted by atomic mass is 10.6. The van der Waals surface area contributed by atoms with Gasteiger partial charge in [-0.05, 0) is 0 Å². The fraction of sp³-hybridized carbons (Fsp3) is 0.200. The van der Waals surface area contributed by atoms with Gasteiger partial charge in [0.05, 0.1) is 0 Å². The topological polar surface area (TPSA) is 95.1 Å². The lowest BCUT2D eigenvalue weighted by Gasteiger charge is -2.08. The lowest BCUT2D eigenvalue weighted by Crippen LogP contribution is -2.23. The molecule has 0 aliphatic carbocycles. The van der Waals surface area contributed by atoms with E-state index in [4.69, 9.17) is 20.4 Å². The average Bonchev–Trinajstić information content (AvgIpc) is 2.18. The normalized spacial score (nSPS) is 10.5. The van der Waals surface area contributed by atoms with Crippen molar-refractivity contribution in [2.24, 2.45) is 0 Å². The fourth-order valence-electron chi connectivity index (χ4n) is 0.604. The Bertz CT molecular complexity index is 224. The quantitative estimate of drug-likeness (QED) is 0.400. The second-order valence-corrected chi connectivity index (χ2v) is 1.78. The van der Waals surface area contributed by atoms with Gasteiger partial charge in [0.25, 0.3) is 0 Å². The maximum atomic E-state index is 8.84. The van der Waals surface area contributed by atoms with Crippen LogP contribution in [0.25, 0.3) is 0 Å². The molecule has 0 amide bonds. The van der Waals surface area contributed by atoms with Crippen LogP contribution < -0.4 is 4.84 Å². The summed E-state index contributed by atoms with van der Waals surface area (Å²) in [6.45, 7) is -2.08. The molecule has 0 fully saturated rings. The molecule has 0 aromatic carbocycles. The van der Waals surface area contributed by atoms with Crippen LogP contribution in [0.4, 0.5) is 0 Å². The molecule has 0 saturated carbocycles. The van der Waals surface area contributed by atoms with E-state index in [-0.39, 0.29) is 0 Å². The molecule has 0 aliphatic heterocycles. The number of aromatic nitrogens is 1. The summed E-state index contributed by atoms with van der Waals surface area (Å²) in [6, 6.07) is 2.27. The zero-order chi connectivity index (χ0) is 8.43. The summed E-state index contributed by atoms with van der Waals surface area (Å²) >= 11 is 0. The number of rotatable bonds is 2. The average molecular weight is 161 g/mol. The third-order valence-electron chi connectivity index (χ3n) is 0.997. The van der Waals surface area contributed by atoms with Gasteiger partial charge in [0, 0.05) is 12.1 Å². The smallest absolute Gasteiger partial charge is 0.332 e. The first-order chi connectivity index (χ1) is 5.11. The van der Waals surface area contributed by atoms with Crippen LogP contribution >= 0.6 is 0 Å². The molecular formula is C5H7NO5. The zero-order valence-electron chi connectivity index (χ0n) is 5.38. The number of hydrogen-bond donors (Lipinski definition) is 4. The number of aliphatic hydroxyl groups is 2. The van der Waals surface area contributed by atoms with E-state index in [2.05, 4.69) is 4.84 Å². The molecule has 6 nitrogen and oxygen atoms in total. The van der Waals surface area contributed by atoms with Gasteiger partial charge in [0.1, 0.15) is 0 Å². The number of nitrogens with zero attached hydrogens (tertiary/aromatic N) is 1. The van der Waals surface area contributed by atoms with Crippen molar-refractivity contribution < 1.29 is 25.3 Å². The number of aromatic hydroxyl groups is 2. The molecule has 0 atom stereocenters. The molecule has 11 heavy (non-hydrogen) atoms. The molecular weight excluding hydrogens is 154 g/mol. The predicted molar refractivity (Wildman–Crippen MR) is 32.6 cm³/mol. The SMILES string of the molecule is Oc1ccc(O)n1OC(O)O. The van der Waals surface area contributed by atoms with Crippen molar-refractivity contribution in [2.45, 2.75) is 6.48 Å². The van der Waals surface area contributed by atoms with Crippen molar-refractivity contribution in [1.29, 1.82) is 0 Å². The molecule has 0 bridgehead atoms. The minimum Gasteiger partial charge on any atom is -0.492 e. The van der Waals surface area contributed by atoms with Crippen LogP contribution in [0.3, 0.4) is 0 Å². The highest BCUT2D eigenvalue weighted by molar-refractivity contribution is 5.21. The Morgan fingerprint density at radius 1 is 1.18 bits per heavy atom. The van der Waals surface area contributed by atoms with E-state index in [0.29, 0.717) is 4.73 Å². The van der Waals surface area contributed by atoms with Crippen molar-refractivity contribution in [3.63, 3.8) is 0 Å². The van der Waals surface area contributed by atoms with E-state index < -0.39 is 18.2 Å². The van der Waals surface area contributed by atoms with Crippen LogP contribution in [0.5, 0.6) is 11.8 Å². The Morgan fingerprint density at radius 2 is 1.64 bits per heavy atom. The third kappa shape index (κ3) is 1.54. The molecule has 62 valence electrons. The predicted octanol–water partition coefficient (Wildman–Crippen LogP) is -1.40. The summed E-state index contributed by atoms with van der Waals surface area (Å²) in [6.07, 6.45) is 0. The fourth-order valence-corrected chi connectivity index (χ4v) is 0.604. The molecule has 0 saturated heterocycles. The van der Waals surface area contributed by atoms with Crippen LogP contribution in [0.1, 0.15) is 0 Å². The lowest BCUT2D eigenvalue weighted by molar-refractivity contribution is -0.238. The highest BCUT2D eigenvalue weighted by Crippen LogP contribution is 2.18. The van der Waals surface area contributed by atoms with Gasteiger partial charge in [-0.2, -0.15) is 0 Å². The Kier molecular flexibility index (Phi) is 1.88. The molecule has 0 spiro atoms. The molecule has 1 heterocycles. The van der Waals surface area contributed by atoms with Gasteiger partial charge >= 0.3 is 6.48 Å². The van der Waals surface area contributed by atoms with Gasteiger partial charge < -0.3 is 25.3 Å². The maximum absolute atomic E-state index is 8.84. The summed E-state index contributed by atoms with van der Waals surface area (Å²) in [5.41, 5.74) is 0. The summed E-state index contributed by atoms with van der Waals surface area (Å²) < 4.78 is 0.477. The van der Waals surface area contributed by atoms with Crippen molar-refractivity contribution >= 4 is 0 Å². The first kappa shape index (κ1) is 7.70. The molecule has 0 aliphatic rings. The van der Waals surface area contributed by atoms with Gasteiger partial charge in [0.15, 0.2) is 0 Å². The highest BCUT2D eigenvalue weighted by atomic mass is 16.8. The van der Waals surface area contributed by atoms with Crippen LogP contribution in [-0.2, 0) is 0 Å². The molecule has 6 heteroatoms. The largest absolute Gasteiger partial charge is 0.492 e. The molecule has 4 N–H and O–H groups in total. The second kappa shape index (κ2) is 2.69. The second-order valence-electron chi connectivity index (χ2n) is 1.78. The summed E-state index contributed by atoms with van der Waals surface area (Å²) in [5, 5.41) is 34.2. The Balaban J connectivity index is 2.83. The maximum Gasteiger partial charge on any atom is 0.332 e. The Hall–Kier alpha value is -1.40. The van der Waals surface area contributed by atoms with Gasteiger partial charge in [-0.1, -0.05) is 0 Å². The van der Waals surface area contributed by atoms with E-state index >= 15 is 0 Å². The minimum atomic E-state index is -2.08. The van der Waals surface area contributed by atoms with Crippen molar-refractivity contribution in [3.05, 3.63) is 12.1 Å². The van der Waals surface area contributed by atoms with E-state index in [1.807, 2.05) is 0 Å². The van der Waals surface area contributed by atoms with E-state index in [1.54, 1.807) is 0 Å². The number of hydrogen-bond acceptors (Lipinski definition) is 5. The summed E-state index contributed by atoms with van der Waals surface area (Å²) in [4.78, 5) is 4.14. The Morgan fingerprint density at radius 3 is 2.00 bits per heavy atom. The van der Waals surface area contributed by atoms with Gasteiger partial charge in [0.2, 0.25) is 11.8 Å². The van der Waals surface area contributed by atoms with Crippen LogP contribution in [0.2, 0.25) is 0 Å². The minimum absolute atomic E-state index is 0.421. The van der Waals surface area contributed by atoms with E-state index in [0.717, 1.165) is 12.1 Å². The first-order valence-corrected chi connectivity index (χ1v) is 2.74. The summed E-state index contributed by atoms with van der Waals surface area (Å²) in [7, 11) is 0. The highest BCUT2D eigenvalue weighted by Gasteiger charge is 2.08. The van der Waals surface area contributed by atoms with E-state index in [1.165, 1.54) is 0 Å². The molecule has 0 radical (unpaired) electrons. The molecule has 0 unspecified atom stereocenters. The number of aliphatic hydroxyl groups excluding tert-OH is 1. The van der Waals surface area contributed by atoms with Crippen molar-refractivity contribution in [3.8, 4) is 11.8 Å². The standard InChI is InChI=1S/C5H7NO5/c7-3-1-2-4(8)6(3)11-5(9)10/h1-2,5,7-10H. The third-order valence-corrected chi connectivity index (χ3v) is 0.997.